The summed E-state index contributed by atoms with van der Waals surface area (Å²) in [6.07, 6.45) is 4.52. The van der Waals surface area contributed by atoms with E-state index in [2.05, 4.69) is 24.5 Å². The fourth-order valence-electron chi connectivity index (χ4n) is 2.49. The van der Waals surface area contributed by atoms with E-state index >= 15 is 0 Å². The highest BCUT2D eigenvalue weighted by molar-refractivity contribution is 4.96. The zero-order valence-electron chi connectivity index (χ0n) is 9.36. The van der Waals surface area contributed by atoms with Crippen LogP contribution in [-0.2, 0) is 4.74 Å². The van der Waals surface area contributed by atoms with Crippen molar-refractivity contribution >= 4 is 0 Å². The molecule has 0 aromatic rings. The average Bonchev–Trinajstić information content (AvgIpc) is 2.19. The van der Waals surface area contributed by atoms with Gasteiger partial charge in [-0.2, -0.15) is 0 Å². The maximum atomic E-state index is 5.95. The van der Waals surface area contributed by atoms with Crippen LogP contribution in [0.2, 0.25) is 0 Å². The Morgan fingerprint density at radius 2 is 1.93 bits per heavy atom. The Bertz CT molecular complexity index is 196. The number of hydrogen-bond donors (Lipinski definition) is 2. The topological polar surface area (TPSA) is 33.3 Å². The summed E-state index contributed by atoms with van der Waals surface area (Å²) in [5.41, 5.74) is 0.268. The van der Waals surface area contributed by atoms with Gasteiger partial charge in [0, 0.05) is 18.4 Å². The number of piperidine rings is 1. The van der Waals surface area contributed by atoms with Crippen LogP contribution < -0.4 is 10.6 Å². The summed E-state index contributed by atoms with van der Waals surface area (Å²) in [5, 5.41) is 7.11. The molecule has 0 bridgehead atoms. The molecule has 0 radical (unpaired) electrons. The van der Waals surface area contributed by atoms with Crippen LogP contribution in [0, 0.1) is 0 Å². The SMILES string of the molecule is CCC1(C)CCOC2(CCNCC2)N1. The lowest BCUT2D eigenvalue weighted by molar-refractivity contribution is -0.144. The molecule has 0 saturated carbocycles. The fraction of sp³-hybridized carbons (Fsp3) is 1.00. The van der Waals surface area contributed by atoms with Gasteiger partial charge in [-0.3, -0.25) is 5.32 Å². The van der Waals surface area contributed by atoms with Gasteiger partial charge in [-0.1, -0.05) is 6.92 Å². The largest absolute Gasteiger partial charge is 0.360 e. The molecule has 14 heavy (non-hydrogen) atoms. The first-order chi connectivity index (χ1) is 6.68. The van der Waals surface area contributed by atoms with Gasteiger partial charge in [0.05, 0.1) is 6.61 Å². The Morgan fingerprint density at radius 1 is 1.21 bits per heavy atom. The highest BCUT2D eigenvalue weighted by Crippen LogP contribution is 2.31. The zero-order chi connectivity index (χ0) is 10.1. The predicted octanol–water partition coefficient (Wildman–Crippen LogP) is 1.24. The molecule has 82 valence electrons. The van der Waals surface area contributed by atoms with Crippen molar-refractivity contribution in [3.63, 3.8) is 0 Å². The second-order valence-corrected chi connectivity index (χ2v) is 4.88. The van der Waals surface area contributed by atoms with Crippen LogP contribution in [0.3, 0.4) is 0 Å². The third kappa shape index (κ3) is 1.95. The van der Waals surface area contributed by atoms with E-state index < -0.39 is 0 Å². The molecular formula is C11H22N2O. The minimum Gasteiger partial charge on any atom is -0.360 e. The van der Waals surface area contributed by atoms with Crippen molar-refractivity contribution in [1.29, 1.82) is 0 Å². The van der Waals surface area contributed by atoms with Crippen LogP contribution in [-0.4, -0.2) is 31.0 Å². The molecule has 0 amide bonds. The molecule has 0 aromatic heterocycles. The monoisotopic (exact) mass is 198 g/mol. The molecule has 3 nitrogen and oxygen atoms in total. The number of rotatable bonds is 1. The minimum atomic E-state index is -0.0196. The number of ether oxygens (including phenoxy) is 1. The summed E-state index contributed by atoms with van der Waals surface area (Å²) in [6.45, 7) is 7.64. The molecule has 0 aliphatic carbocycles. The normalized spacial score (nSPS) is 37.3. The Hall–Kier alpha value is -0.120. The Balaban J connectivity index is 2.04. The summed E-state index contributed by atoms with van der Waals surface area (Å²) >= 11 is 0. The maximum absolute atomic E-state index is 5.95. The first-order valence-corrected chi connectivity index (χ1v) is 5.82. The van der Waals surface area contributed by atoms with E-state index in [1.165, 1.54) is 6.42 Å². The summed E-state index contributed by atoms with van der Waals surface area (Å²) in [4.78, 5) is 0. The van der Waals surface area contributed by atoms with Crippen LogP contribution in [0.15, 0.2) is 0 Å². The van der Waals surface area contributed by atoms with Crippen molar-refractivity contribution < 1.29 is 4.74 Å². The van der Waals surface area contributed by atoms with Crippen LogP contribution in [0.4, 0.5) is 0 Å². The molecule has 0 aromatic carbocycles. The van der Waals surface area contributed by atoms with Gasteiger partial charge in [0.2, 0.25) is 0 Å². The van der Waals surface area contributed by atoms with E-state index in [0.29, 0.717) is 0 Å². The van der Waals surface area contributed by atoms with Crippen molar-refractivity contribution in [3.05, 3.63) is 0 Å². The molecule has 2 N–H and O–H groups in total. The quantitative estimate of drug-likeness (QED) is 0.665. The average molecular weight is 198 g/mol. The van der Waals surface area contributed by atoms with Gasteiger partial charge >= 0.3 is 0 Å². The van der Waals surface area contributed by atoms with Gasteiger partial charge in [-0.05, 0) is 32.9 Å². The molecule has 3 heteroatoms. The van der Waals surface area contributed by atoms with E-state index in [1.54, 1.807) is 0 Å². The van der Waals surface area contributed by atoms with E-state index in [0.717, 1.165) is 39.0 Å². The van der Waals surface area contributed by atoms with Crippen molar-refractivity contribution in [2.75, 3.05) is 19.7 Å². The van der Waals surface area contributed by atoms with Gasteiger partial charge in [-0.15, -0.1) is 0 Å². The van der Waals surface area contributed by atoms with E-state index in [1.807, 2.05) is 0 Å². The van der Waals surface area contributed by atoms with Gasteiger partial charge < -0.3 is 10.1 Å². The zero-order valence-corrected chi connectivity index (χ0v) is 9.36. The van der Waals surface area contributed by atoms with Crippen LogP contribution in [0.5, 0.6) is 0 Å². The minimum absolute atomic E-state index is 0.0196. The van der Waals surface area contributed by atoms with Crippen molar-refractivity contribution in [2.45, 2.75) is 50.8 Å². The number of nitrogens with one attached hydrogen (secondary N) is 2. The second-order valence-electron chi connectivity index (χ2n) is 4.88. The lowest BCUT2D eigenvalue weighted by Gasteiger charge is -2.49. The Labute approximate surface area is 86.6 Å². The second kappa shape index (κ2) is 3.80. The molecule has 1 unspecified atom stereocenters. The Kier molecular flexibility index (Phi) is 2.82. The standard InChI is InChI=1S/C11H22N2O/c1-3-10(2)6-9-14-11(13-10)4-7-12-8-5-11/h12-13H,3-9H2,1-2H3. The highest BCUT2D eigenvalue weighted by atomic mass is 16.5. The molecule has 2 heterocycles. The van der Waals surface area contributed by atoms with E-state index in [-0.39, 0.29) is 11.3 Å². The van der Waals surface area contributed by atoms with Crippen molar-refractivity contribution in [3.8, 4) is 0 Å². The summed E-state index contributed by atoms with van der Waals surface area (Å²) in [5.74, 6) is 0. The van der Waals surface area contributed by atoms with Crippen LogP contribution in [0.25, 0.3) is 0 Å². The maximum Gasteiger partial charge on any atom is 0.122 e. The lowest BCUT2D eigenvalue weighted by Crippen LogP contribution is -2.65. The van der Waals surface area contributed by atoms with Crippen LogP contribution in [0.1, 0.15) is 39.5 Å². The van der Waals surface area contributed by atoms with E-state index in [4.69, 9.17) is 4.74 Å². The summed E-state index contributed by atoms with van der Waals surface area (Å²) in [7, 11) is 0. The fourth-order valence-corrected chi connectivity index (χ4v) is 2.49. The van der Waals surface area contributed by atoms with E-state index in [9.17, 15) is 0 Å². The summed E-state index contributed by atoms with van der Waals surface area (Å²) < 4.78 is 5.95. The van der Waals surface area contributed by atoms with Crippen molar-refractivity contribution in [1.82, 2.24) is 10.6 Å². The third-order valence-corrected chi connectivity index (χ3v) is 3.75. The molecule has 2 aliphatic rings. The molecule has 1 atom stereocenters. The van der Waals surface area contributed by atoms with Gasteiger partial charge in [-0.25, -0.2) is 0 Å². The highest BCUT2D eigenvalue weighted by Gasteiger charge is 2.42. The molecule has 2 saturated heterocycles. The molecule has 2 rings (SSSR count). The number of hydrogen-bond acceptors (Lipinski definition) is 3. The summed E-state index contributed by atoms with van der Waals surface area (Å²) in [6, 6.07) is 0. The third-order valence-electron chi connectivity index (χ3n) is 3.75. The lowest BCUT2D eigenvalue weighted by atomic mass is 9.88. The molecule has 2 fully saturated rings. The van der Waals surface area contributed by atoms with Gasteiger partial charge in [0.15, 0.2) is 0 Å². The molecule has 2 aliphatic heterocycles. The van der Waals surface area contributed by atoms with Crippen LogP contribution >= 0.6 is 0 Å². The molecule has 1 spiro atoms. The van der Waals surface area contributed by atoms with Crippen molar-refractivity contribution in [2.24, 2.45) is 0 Å². The van der Waals surface area contributed by atoms with Gasteiger partial charge in [0.1, 0.15) is 5.72 Å². The first-order valence-electron chi connectivity index (χ1n) is 5.82. The predicted molar refractivity (Wildman–Crippen MR) is 57.2 cm³/mol. The van der Waals surface area contributed by atoms with Gasteiger partial charge in [0.25, 0.3) is 0 Å². The first kappa shape index (κ1) is 10.4. The smallest absolute Gasteiger partial charge is 0.122 e. The molecular weight excluding hydrogens is 176 g/mol. The Morgan fingerprint density at radius 3 is 2.57 bits per heavy atom.